The van der Waals surface area contributed by atoms with Gasteiger partial charge in [-0.25, -0.2) is 0 Å². The van der Waals surface area contributed by atoms with E-state index in [1.807, 2.05) is 6.92 Å². The van der Waals surface area contributed by atoms with Gasteiger partial charge in [-0.1, -0.05) is 6.92 Å². The summed E-state index contributed by atoms with van der Waals surface area (Å²) in [5.41, 5.74) is 0.915. The molecule has 0 aliphatic carbocycles. The fourth-order valence-corrected chi connectivity index (χ4v) is 0.734. The predicted octanol–water partition coefficient (Wildman–Crippen LogP) is 1.55. The molecule has 0 saturated carbocycles. The molecule has 0 unspecified atom stereocenters. The standard InChI is InChI=1S/C7H8N2O2/c1-2-6-3-4-7(5-8-6)9(10)11/h3-5H,2H2,1H3. The van der Waals surface area contributed by atoms with E-state index < -0.39 is 4.92 Å². The molecule has 0 fully saturated rings. The summed E-state index contributed by atoms with van der Waals surface area (Å²) in [6.07, 6.45) is 2.08. The van der Waals surface area contributed by atoms with Crippen LogP contribution in [-0.2, 0) is 6.42 Å². The van der Waals surface area contributed by atoms with Gasteiger partial charge in [-0.05, 0) is 12.5 Å². The lowest BCUT2D eigenvalue weighted by Gasteiger charge is -1.92. The second-order valence-electron chi connectivity index (χ2n) is 2.12. The summed E-state index contributed by atoms with van der Waals surface area (Å²) in [7, 11) is 0. The largest absolute Gasteiger partial charge is 0.287 e. The number of rotatable bonds is 2. The van der Waals surface area contributed by atoms with Crippen LogP contribution in [0.4, 0.5) is 5.69 Å². The summed E-state index contributed by atoms with van der Waals surface area (Å²) < 4.78 is 0. The zero-order valence-electron chi connectivity index (χ0n) is 6.15. The topological polar surface area (TPSA) is 56.0 Å². The minimum Gasteiger partial charge on any atom is -0.258 e. The molecule has 4 nitrogen and oxygen atoms in total. The van der Waals surface area contributed by atoms with Crippen molar-refractivity contribution in [2.24, 2.45) is 0 Å². The van der Waals surface area contributed by atoms with E-state index in [-0.39, 0.29) is 5.69 Å². The second kappa shape index (κ2) is 3.09. The molecule has 1 aromatic rings. The highest BCUT2D eigenvalue weighted by Gasteiger charge is 2.03. The smallest absolute Gasteiger partial charge is 0.258 e. The number of hydrogen-bond donors (Lipinski definition) is 0. The van der Waals surface area contributed by atoms with Crippen molar-refractivity contribution in [2.45, 2.75) is 13.3 Å². The molecule has 0 aromatic carbocycles. The van der Waals surface area contributed by atoms with Crippen LogP contribution in [0, 0.1) is 10.1 Å². The van der Waals surface area contributed by atoms with Crippen molar-refractivity contribution in [2.75, 3.05) is 0 Å². The maximum absolute atomic E-state index is 10.2. The molecule has 4 heteroatoms. The Morgan fingerprint density at radius 2 is 2.36 bits per heavy atom. The van der Waals surface area contributed by atoms with Crippen molar-refractivity contribution in [3.05, 3.63) is 34.1 Å². The number of aromatic nitrogens is 1. The first-order chi connectivity index (χ1) is 5.24. The van der Waals surface area contributed by atoms with Gasteiger partial charge in [0.2, 0.25) is 0 Å². The predicted molar refractivity (Wildman–Crippen MR) is 40.3 cm³/mol. The number of nitro groups is 1. The van der Waals surface area contributed by atoms with Crippen LogP contribution in [0.2, 0.25) is 0 Å². The van der Waals surface area contributed by atoms with E-state index in [1.165, 1.54) is 12.3 Å². The molecule has 1 heterocycles. The molecule has 0 aliphatic heterocycles. The SMILES string of the molecule is CCc1ccc([N+](=O)[O-])cn1. The Labute approximate surface area is 64.0 Å². The third-order valence-corrected chi connectivity index (χ3v) is 1.38. The third kappa shape index (κ3) is 1.73. The van der Waals surface area contributed by atoms with E-state index in [0.717, 1.165) is 12.1 Å². The van der Waals surface area contributed by atoms with Crippen LogP contribution in [0.1, 0.15) is 12.6 Å². The van der Waals surface area contributed by atoms with Crippen molar-refractivity contribution >= 4 is 5.69 Å². The fraction of sp³-hybridized carbons (Fsp3) is 0.286. The number of pyridine rings is 1. The maximum atomic E-state index is 10.2. The summed E-state index contributed by atoms with van der Waals surface area (Å²) >= 11 is 0. The van der Waals surface area contributed by atoms with Crippen molar-refractivity contribution in [3.8, 4) is 0 Å². The number of aryl methyl sites for hydroxylation is 1. The lowest BCUT2D eigenvalue weighted by molar-refractivity contribution is -0.385. The zero-order valence-corrected chi connectivity index (χ0v) is 6.15. The van der Waals surface area contributed by atoms with Gasteiger partial charge in [0, 0.05) is 11.8 Å². The third-order valence-electron chi connectivity index (χ3n) is 1.38. The molecule has 0 radical (unpaired) electrons. The lowest BCUT2D eigenvalue weighted by atomic mass is 10.3. The molecule has 1 rings (SSSR count). The average Bonchev–Trinajstić information content (AvgIpc) is 2.05. The van der Waals surface area contributed by atoms with Crippen LogP contribution < -0.4 is 0 Å². The Morgan fingerprint density at radius 3 is 2.73 bits per heavy atom. The van der Waals surface area contributed by atoms with E-state index in [1.54, 1.807) is 6.07 Å². The first-order valence-corrected chi connectivity index (χ1v) is 3.33. The molecule has 0 N–H and O–H groups in total. The summed E-state index contributed by atoms with van der Waals surface area (Å²) in [5.74, 6) is 0. The summed E-state index contributed by atoms with van der Waals surface area (Å²) in [4.78, 5) is 13.6. The molecular weight excluding hydrogens is 144 g/mol. The molecule has 0 spiro atoms. The number of hydrogen-bond acceptors (Lipinski definition) is 3. The van der Waals surface area contributed by atoms with Crippen molar-refractivity contribution in [1.82, 2.24) is 4.98 Å². The van der Waals surface area contributed by atoms with Gasteiger partial charge >= 0.3 is 0 Å². The number of nitrogens with zero attached hydrogens (tertiary/aromatic N) is 2. The summed E-state index contributed by atoms with van der Waals surface area (Å²) in [6.45, 7) is 1.95. The molecule has 1 aromatic heterocycles. The highest BCUT2D eigenvalue weighted by molar-refractivity contribution is 5.26. The molecule has 0 atom stereocenters. The van der Waals surface area contributed by atoms with Crippen molar-refractivity contribution in [3.63, 3.8) is 0 Å². The summed E-state index contributed by atoms with van der Waals surface area (Å²) in [6, 6.07) is 3.13. The molecular formula is C7H8N2O2. The van der Waals surface area contributed by atoms with Gasteiger partial charge in [0.05, 0.1) is 4.92 Å². The Bertz CT molecular complexity index is 256. The van der Waals surface area contributed by atoms with Crippen LogP contribution in [-0.4, -0.2) is 9.91 Å². The maximum Gasteiger partial charge on any atom is 0.287 e. The Kier molecular flexibility index (Phi) is 2.15. The lowest BCUT2D eigenvalue weighted by Crippen LogP contribution is -1.91. The van der Waals surface area contributed by atoms with Crippen LogP contribution in [0.3, 0.4) is 0 Å². The quantitative estimate of drug-likeness (QED) is 0.477. The van der Waals surface area contributed by atoms with E-state index >= 15 is 0 Å². The van der Waals surface area contributed by atoms with Gasteiger partial charge in [0.1, 0.15) is 6.20 Å². The average molecular weight is 152 g/mol. The minimum absolute atomic E-state index is 0.0437. The van der Waals surface area contributed by atoms with E-state index in [9.17, 15) is 10.1 Å². The minimum atomic E-state index is -0.452. The van der Waals surface area contributed by atoms with Crippen LogP contribution in [0.25, 0.3) is 0 Å². The molecule has 0 aliphatic rings. The van der Waals surface area contributed by atoms with Gasteiger partial charge in [0.15, 0.2) is 0 Å². The van der Waals surface area contributed by atoms with Crippen molar-refractivity contribution in [1.29, 1.82) is 0 Å². The Morgan fingerprint density at radius 1 is 1.64 bits per heavy atom. The van der Waals surface area contributed by atoms with Crippen LogP contribution in [0.5, 0.6) is 0 Å². The highest BCUT2D eigenvalue weighted by Crippen LogP contribution is 2.08. The zero-order chi connectivity index (χ0) is 8.27. The fourth-order valence-electron chi connectivity index (χ4n) is 0.734. The summed E-state index contributed by atoms with van der Waals surface area (Å²) in [5, 5.41) is 10.2. The van der Waals surface area contributed by atoms with Gasteiger partial charge < -0.3 is 0 Å². The second-order valence-corrected chi connectivity index (χ2v) is 2.12. The first-order valence-electron chi connectivity index (χ1n) is 3.33. The first kappa shape index (κ1) is 7.65. The van der Waals surface area contributed by atoms with Gasteiger partial charge in [0.25, 0.3) is 5.69 Å². The Hall–Kier alpha value is -1.45. The molecule has 0 amide bonds. The normalized spacial score (nSPS) is 9.55. The van der Waals surface area contributed by atoms with Crippen molar-refractivity contribution < 1.29 is 4.92 Å². The Balaban J connectivity index is 2.91. The molecule has 11 heavy (non-hydrogen) atoms. The monoisotopic (exact) mass is 152 g/mol. The molecule has 0 bridgehead atoms. The van der Waals surface area contributed by atoms with Crippen LogP contribution in [0.15, 0.2) is 18.3 Å². The van der Waals surface area contributed by atoms with Crippen LogP contribution >= 0.6 is 0 Å². The van der Waals surface area contributed by atoms with Gasteiger partial charge in [-0.15, -0.1) is 0 Å². The van der Waals surface area contributed by atoms with E-state index in [4.69, 9.17) is 0 Å². The molecule has 0 saturated heterocycles. The van der Waals surface area contributed by atoms with Gasteiger partial charge in [-0.3, -0.25) is 15.1 Å². The molecule has 58 valence electrons. The van der Waals surface area contributed by atoms with E-state index in [0.29, 0.717) is 0 Å². The van der Waals surface area contributed by atoms with E-state index in [2.05, 4.69) is 4.98 Å². The van der Waals surface area contributed by atoms with Gasteiger partial charge in [-0.2, -0.15) is 0 Å². The highest BCUT2D eigenvalue weighted by atomic mass is 16.6.